The van der Waals surface area contributed by atoms with Crippen LogP contribution in [0.1, 0.15) is 17.3 Å². The number of carbonyl (C=O) groups is 3. The minimum absolute atomic E-state index is 0.148. The molecule has 148 valence electrons. The summed E-state index contributed by atoms with van der Waals surface area (Å²) >= 11 is 5.62. The summed E-state index contributed by atoms with van der Waals surface area (Å²) in [5.74, 6) is -2.16. The summed E-state index contributed by atoms with van der Waals surface area (Å²) in [6, 6.07) is 10.2. The standard InChI is InChI=1S/C19H18ClFN2O5/c1-2-27-16-6-4-3-5-13(16)19(26)22-10-18(25)28-11-17(24)23-12-7-8-15(21)14(20)9-12/h3-9H,2,10-11H2,1H3,(H,22,26)(H,23,24). The SMILES string of the molecule is CCOc1ccccc1C(=O)NCC(=O)OCC(=O)Nc1ccc(F)c(Cl)c1. The molecule has 2 aromatic carbocycles. The molecule has 0 saturated carbocycles. The van der Waals surface area contributed by atoms with Gasteiger partial charge in [-0.3, -0.25) is 14.4 Å². The molecule has 7 nitrogen and oxygen atoms in total. The van der Waals surface area contributed by atoms with E-state index in [1.165, 1.54) is 12.1 Å². The monoisotopic (exact) mass is 408 g/mol. The molecule has 0 aliphatic rings. The second-order valence-electron chi connectivity index (χ2n) is 5.45. The van der Waals surface area contributed by atoms with Crippen LogP contribution in [0.2, 0.25) is 5.02 Å². The van der Waals surface area contributed by atoms with Gasteiger partial charge < -0.3 is 20.1 Å². The Morgan fingerprint density at radius 3 is 2.61 bits per heavy atom. The maximum absolute atomic E-state index is 13.1. The lowest BCUT2D eigenvalue weighted by atomic mass is 10.2. The Kier molecular flexibility index (Phi) is 7.76. The number of ether oxygens (including phenoxy) is 2. The third-order valence-electron chi connectivity index (χ3n) is 3.39. The zero-order valence-corrected chi connectivity index (χ0v) is 15.7. The number of carbonyl (C=O) groups excluding carboxylic acids is 3. The maximum atomic E-state index is 13.1. The predicted octanol–water partition coefficient (Wildman–Crippen LogP) is 2.79. The van der Waals surface area contributed by atoms with Crippen LogP contribution in [-0.4, -0.2) is 37.5 Å². The zero-order chi connectivity index (χ0) is 20.5. The number of hydrogen-bond acceptors (Lipinski definition) is 5. The lowest BCUT2D eigenvalue weighted by Crippen LogP contribution is -2.32. The molecule has 0 spiro atoms. The summed E-state index contributed by atoms with van der Waals surface area (Å²) in [7, 11) is 0. The first-order chi connectivity index (χ1) is 13.4. The lowest BCUT2D eigenvalue weighted by molar-refractivity contribution is -0.146. The number of benzene rings is 2. The number of halogens is 2. The van der Waals surface area contributed by atoms with Gasteiger partial charge in [0.05, 0.1) is 17.2 Å². The summed E-state index contributed by atoms with van der Waals surface area (Å²) in [6.45, 7) is 1.19. The predicted molar refractivity (Wildman–Crippen MR) is 101 cm³/mol. The minimum Gasteiger partial charge on any atom is -0.493 e. The largest absolute Gasteiger partial charge is 0.493 e. The van der Waals surface area contributed by atoms with Gasteiger partial charge in [-0.2, -0.15) is 0 Å². The highest BCUT2D eigenvalue weighted by Gasteiger charge is 2.14. The van der Waals surface area contributed by atoms with Crippen LogP contribution in [0.25, 0.3) is 0 Å². The molecule has 0 saturated heterocycles. The quantitative estimate of drug-likeness (QED) is 0.655. The second-order valence-corrected chi connectivity index (χ2v) is 5.86. The first-order valence-electron chi connectivity index (χ1n) is 8.31. The molecule has 9 heteroatoms. The molecule has 0 aliphatic carbocycles. The number of esters is 1. The first-order valence-corrected chi connectivity index (χ1v) is 8.69. The fraction of sp³-hybridized carbons (Fsp3) is 0.211. The van der Waals surface area contributed by atoms with E-state index in [4.69, 9.17) is 21.1 Å². The highest BCUT2D eigenvalue weighted by atomic mass is 35.5. The van der Waals surface area contributed by atoms with Gasteiger partial charge >= 0.3 is 5.97 Å². The van der Waals surface area contributed by atoms with Gasteiger partial charge in [-0.25, -0.2) is 4.39 Å². The van der Waals surface area contributed by atoms with Crippen LogP contribution in [-0.2, 0) is 14.3 Å². The van der Waals surface area contributed by atoms with Crippen LogP contribution >= 0.6 is 11.6 Å². The molecule has 2 amide bonds. The second kappa shape index (κ2) is 10.3. The van der Waals surface area contributed by atoms with Crippen LogP contribution in [0.15, 0.2) is 42.5 Å². The number of anilines is 1. The molecule has 28 heavy (non-hydrogen) atoms. The molecule has 0 radical (unpaired) electrons. The van der Waals surface area contributed by atoms with Crippen LogP contribution in [0.5, 0.6) is 5.75 Å². The van der Waals surface area contributed by atoms with Gasteiger partial charge in [0.15, 0.2) is 6.61 Å². The average molecular weight is 409 g/mol. The van der Waals surface area contributed by atoms with Crippen molar-refractivity contribution in [3.8, 4) is 5.75 Å². The molecule has 0 atom stereocenters. The van der Waals surface area contributed by atoms with Gasteiger partial charge in [0, 0.05) is 5.69 Å². The van der Waals surface area contributed by atoms with Crippen molar-refractivity contribution in [2.45, 2.75) is 6.92 Å². The molecular formula is C19H18ClFN2O5. The fourth-order valence-corrected chi connectivity index (χ4v) is 2.33. The summed E-state index contributed by atoms with van der Waals surface area (Å²) in [5, 5.41) is 4.66. The normalized spacial score (nSPS) is 10.1. The van der Waals surface area contributed by atoms with E-state index in [0.29, 0.717) is 12.4 Å². The third-order valence-corrected chi connectivity index (χ3v) is 3.68. The molecule has 0 aromatic heterocycles. The Hall–Kier alpha value is -3.13. The van der Waals surface area contributed by atoms with E-state index in [9.17, 15) is 18.8 Å². The van der Waals surface area contributed by atoms with Crippen molar-refractivity contribution in [3.05, 3.63) is 58.9 Å². The number of nitrogens with one attached hydrogen (secondary N) is 2. The van der Waals surface area contributed by atoms with E-state index < -0.39 is 36.8 Å². The Labute approximate surface area is 165 Å². The Morgan fingerprint density at radius 1 is 1.14 bits per heavy atom. The van der Waals surface area contributed by atoms with E-state index in [1.54, 1.807) is 31.2 Å². The number of para-hydroxylation sites is 1. The summed E-state index contributed by atoms with van der Waals surface area (Å²) in [4.78, 5) is 35.6. The molecule has 0 heterocycles. The Bertz CT molecular complexity index is 875. The van der Waals surface area contributed by atoms with Gasteiger partial charge in [0.1, 0.15) is 18.1 Å². The third kappa shape index (κ3) is 6.24. The smallest absolute Gasteiger partial charge is 0.325 e. The first kappa shape index (κ1) is 21.2. The molecule has 0 bridgehead atoms. The van der Waals surface area contributed by atoms with Crippen LogP contribution < -0.4 is 15.4 Å². The van der Waals surface area contributed by atoms with E-state index in [2.05, 4.69) is 10.6 Å². The molecule has 2 aromatic rings. The fourth-order valence-electron chi connectivity index (χ4n) is 2.15. The summed E-state index contributed by atoms with van der Waals surface area (Å²) < 4.78 is 23.2. The van der Waals surface area contributed by atoms with Crippen LogP contribution in [0.3, 0.4) is 0 Å². The molecule has 0 unspecified atom stereocenters. The van der Waals surface area contributed by atoms with Gasteiger partial charge in [-0.05, 0) is 37.3 Å². The van der Waals surface area contributed by atoms with Crippen molar-refractivity contribution in [1.29, 1.82) is 0 Å². The van der Waals surface area contributed by atoms with Gasteiger partial charge in [0.25, 0.3) is 11.8 Å². The highest BCUT2D eigenvalue weighted by Crippen LogP contribution is 2.19. The van der Waals surface area contributed by atoms with E-state index >= 15 is 0 Å². The van der Waals surface area contributed by atoms with Crippen molar-refractivity contribution in [1.82, 2.24) is 5.32 Å². The van der Waals surface area contributed by atoms with Crippen molar-refractivity contribution in [2.75, 3.05) is 25.1 Å². The van der Waals surface area contributed by atoms with Crippen LogP contribution in [0.4, 0.5) is 10.1 Å². The van der Waals surface area contributed by atoms with Crippen molar-refractivity contribution in [3.63, 3.8) is 0 Å². The van der Waals surface area contributed by atoms with Gasteiger partial charge in [0.2, 0.25) is 0 Å². The summed E-state index contributed by atoms with van der Waals surface area (Å²) in [5.41, 5.74) is 0.538. The van der Waals surface area contributed by atoms with Gasteiger partial charge in [-0.1, -0.05) is 23.7 Å². The van der Waals surface area contributed by atoms with E-state index in [0.717, 1.165) is 6.07 Å². The topological polar surface area (TPSA) is 93.7 Å². The number of amides is 2. The van der Waals surface area contributed by atoms with Crippen molar-refractivity contribution in [2.24, 2.45) is 0 Å². The Morgan fingerprint density at radius 2 is 1.89 bits per heavy atom. The number of rotatable bonds is 8. The summed E-state index contributed by atoms with van der Waals surface area (Å²) in [6.07, 6.45) is 0. The van der Waals surface area contributed by atoms with E-state index in [1.807, 2.05) is 0 Å². The van der Waals surface area contributed by atoms with Crippen LogP contribution in [0, 0.1) is 5.82 Å². The molecule has 2 N–H and O–H groups in total. The minimum atomic E-state index is -0.797. The molecular weight excluding hydrogens is 391 g/mol. The maximum Gasteiger partial charge on any atom is 0.325 e. The highest BCUT2D eigenvalue weighted by molar-refractivity contribution is 6.31. The van der Waals surface area contributed by atoms with Crippen molar-refractivity contribution >= 4 is 35.1 Å². The molecule has 2 rings (SSSR count). The Balaban J connectivity index is 1.78. The lowest BCUT2D eigenvalue weighted by Gasteiger charge is -2.10. The molecule has 0 aliphatic heterocycles. The number of hydrogen-bond donors (Lipinski definition) is 2. The van der Waals surface area contributed by atoms with E-state index in [-0.39, 0.29) is 16.3 Å². The zero-order valence-electron chi connectivity index (χ0n) is 15.0. The molecule has 0 fully saturated rings. The van der Waals surface area contributed by atoms with Crippen molar-refractivity contribution < 1.29 is 28.2 Å². The van der Waals surface area contributed by atoms with Gasteiger partial charge in [-0.15, -0.1) is 0 Å². The average Bonchev–Trinajstić information content (AvgIpc) is 2.68.